The summed E-state index contributed by atoms with van der Waals surface area (Å²) >= 11 is 0. The molecule has 5 nitrogen and oxygen atoms in total. The van der Waals surface area contributed by atoms with Crippen LogP contribution in [0.15, 0.2) is 23.1 Å². The lowest BCUT2D eigenvalue weighted by atomic mass is 9.78. The summed E-state index contributed by atoms with van der Waals surface area (Å²) in [5, 5.41) is 0. The molecule has 2 aliphatic carbocycles. The molecule has 27 heavy (non-hydrogen) atoms. The second kappa shape index (κ2) is 7.92. The monoisotopic (exact) mass is 390 g/mol. The maximum Gasteiger partial charge on any atom is 0.241 e. The number of carbonyl (C=O) groups excluding carboxylic acids is 1. The minimum absolute atomic E-state index is 0.0758. The standard InChI is InChI=1S/C21H30N2O3S/c24-21(23-13-5-9-17-7-3-4-10-20(17)23)15-22-27(25,26)19-12-11-16-6-1-2-8-18(16)14-19/h11-12,14,17,20,22H,1-10,13,15H2/t17-,20-/m0/s1. The predicted octanol–water partition coefficient (Wildman–Crippen LogP) is 3.02. The van der Waals surface area contributed by atoms with Gasteiger partial charge < -0.3 is 4.90 Å². The van der Waals surface area contributed by atoms with Gasteiger partial charge in [-0.2, -0.15) is 0 Å². The number of fused-ring (bicyclic) bond motifs is 2. The number of rotatable bonds is 4. The van der Waals surface area contributed by atoms with E-state index in [4.69, 9.17) is 0 Å². The molecule has 1 saturated heterocycles. The van der Waals surface area contributed by atoms with Crippen LogP contribution in [-0.4, -0.2) is 38.4 Å². The van der Waals surface area contributed by atoms with E-state index in [1.807, 2.05) is 11.0 Å². The molecule has 0 spiro atoms. The Morgan fingerprint density at radius 2 is 1.74 bits per heavy atom. The molecule has 148 valence electrons. The molecule has 1 aromatic rings. The van der Waals surface area contributed by atoms with Crippen molar-refractivity contribution >= 4 is 15.9 Å². The molecule has 1 amide bonds. The number of aryl methyl sites for hydroxylation is 2. The van der Waals surface area contributed by atoms with Crippen LogP contribution in [0.5, 0.6) is 0 Å². The van der Waals surface area contributed by atoms with Crippen molar-refractivity contribution in [1.82, 2.24) is 9.62 Å². The molecule has 0 unspecified atom stereocenters. The van der Waals surface area contributed by atoms with Crippen molar-refractivity contribution in [3.05, 3.63) is 29.3 Å². The maximum absolute atomic E-state index is 12.8. The van der Waals surface area contributed by atoms with Gasteiger partial charge in [-0.05, 0) is 80.5 Å². The fourth-order valence-electron chi connectivity index (χ4n) is 5.15. The maximum atomic E-state index is 12.8. The van der Waals surface area contributed by atoms with E-state index in [9.17, 15) is 13.2 Å². The number of sulfonamides is 1. The molecule has 1 aliphatic heterocycles. The molecule has 1 aromatic carbocycles. The van der Waals surface area contributed by atoms with Gasteiger partial charge in [-0.25, -0.2) is 13.1 Å². The van der Waals surface area contributed by atoms with Crippen LogP contribution in [0.3, 0.4) is 0 Å². The predicted molar refractivity (Wildman–Crippen MR) is 105 cm³/mol. The zero-order valence-electron chi connectivity index (χ0n) is 16.0. The third kappa shape index (κ3) is 4.06. The SMILES string of the molecule is O=C(CNS(=O)(=O)c1ccc2c(c1)CCCC2)N1CCC[C@@H]2CCCC[C@@H]21. The highest BCUT2D eigenvalue weighted by molar-refractivity contribution is 7.89. The van der Waals surface area contributed by atoms with Crippen molar-refractivity contribution in [2.45, 2.75) is 75.1 Å². The number of likely N-dealkylation sites (tertiary alicyclic amines) is 1. The summed E-state index contributed by atoms with van der Waals surface area (Å²) in [6.07, 6.45) is 11.2. The van der Waals surface area contributed by atoms with E-state index in [-0.39, 0.29) is 17.3 Å². The van der Waals surface area contributed by atoms with Gasteiger partial charge in [0.2, 0.25) is 15.9 Å². The quantitative estimate of drug-likeness (QED) is 0.859. The van der Waals surface area contributed by atoms with Crippen LogP contribution in [0.25, 0.3) is 0 Å². The molecule has 1 heterocycles. The first-order chi connectivity index (χ1) is 13.0. The lowest BCUT2D eigenvalue weighted by Gasteiger charge is -2.44. The van der Waals surface area contributed by atoms with Gasteiger partial charge in [0, 0.05) is 12.6 Å². The lowest BCUT2D eigenvalue weighted by Crippen LogP contribution is -2.52. The lowest BCUT2D eigenvalue weighted by molar-refractivity contribution is -0.136. The van der Waals surface area contributed by atoms with Crippen molar-refractivity contribution in [3.8, 4) is 0 Å². The Bertz CT molecular complexity index is 804. The number of piperidine rings is 1. The van der Waals surface area contributed by atoms with Crippen molar-refractivity contribution in [2.75, 3.05) is 13.1 Å². The third-order valence-corrected chi connectivity index (χ3v) is 8.01. The van der Waals surface area contributed by atoms with Gasteiger partial charge in [0.25, 0.3) is 0 Å². The Morgan fingerprint density at radius 1 is 1.00 bits per heavy atom. The van der Waals surface area contributed by atoms with E-state index in [0.29, 0.717) is 12.0 Å². The van der Waals surface area contributed by atoms with Crippen LogP contribution < -0.4 is 4.72 Å². The number of benzene rings is 1. The van der Waals surface area contributed by atoms with Gasteiger partial charge in [-0.3, -0.25) is 4.79 Å². The minimum Gasteiger partial charge on any atom is -0.338 e. The molecule has 4 rings (SSSR count). The molecule has 1 saturated carbocycles. The highest BCUT2D eigenvalue weighted by Gasteiger charge is 2.35. The third-order valence-electron chi connectivity index (χ3n) is 6.61. The van der Waals surface area contributed by atoms with E-state index in [0.717, 1.165) is 44.2 Å². The van der Waals surface area contributed by atoms with Gasteiger partial charge >= 0.3 is 0 Å². The molecule has 2 fully saturated rings. The molecule has 6 heteroatoms. The number of carbonyl (C=O) groups is 1. The van der Waals surface area contributed by atoms with Crippen LogP contribution in [0.2, 0.25) is 0 Å². The summed E-state index contributed by atoms with van der Waals surface area (Å²) in [6.45, 7) is 0.628. The second-order valence-corrected chi connectivity index (χ2v) is 10.1. The minimum atomic E-state index is -3.65. The molecule has 2 atom stereocenters. The zero-order valence-corrected chi connectivity index (χ0v) is 16.8. The summed E-state index contributed by atoms with van der Waals surface area (Å²) < 4.78 is 28.0. The van der Waals surface area contributed by atoms with Crippen LogP contribution in [-0.2, 0) is 27.7 Å². The van der Waals surface area contributed by atoms with Crippen molar-refractivity contribution < 1.29 is 13.2 Å². The molecular weight excluding hydrogens is 360 g/mol. The van der Waals surface area contributed by atoms with Crippen LogP contribution in [0, 0.1) is 5.92 Å². The average Bonchev–Trinajstić information content (AvgIpc) is 2.71. The Hall–Kier alpha value is -1.40. The first-order valence-corrected chi connectivity index (χ1v) is 11.9. The van der Waals surface area contributed by atoms with E-state index in [1.165, 1.54) is 37.7 Å². The summed E-state index contributed by atoms with van der Waals surface area (Å²) in [5.74, 6) is 0.529. The van der Waals surface area contributed by atoms with Crippen LogP contribution >= 0.6 is 0 Å². The number of nitrogens with one attached hydrogen (secondary N) is 1. The Kier molecular flexibility index (Phi) is 5.55. The summed E-state index contributed by atoms with van der Waals surface area (Å²) in [7, 11) is -3.65. The normalized spacial score (nSPS) is 25.6. The second-order valence-electron chi connectivity index (χ2n) is 8.30. The molecule has 0 aromatic heterocycles. The van der Waals surface area contributed by atoms with E-state index < -0.39 is 10.0 Å². The van der Waals surface area contributed by atoms with E-state index in [2.05, 4.69) is 4.72 Å². The Balaban J connectivity index is 1.42. The summed E-state index contributed by atoms with van der Waals surface area (Å²) in [5.41, 5.74) is 2.39. The fraction of sp³-hybridized carbons (Fsp3) is 0.667. The first-order valence-electron chi connectivity index (χ1n) is 10.5. The molecular formula is C21H30N2O3S. The van der Waals surface area contributed by atoms with Crippen molar-refractivity contribution in [1.29, 1.82) is 0 Å². The van der Waals surface area contributed by atoms with Crippen molar-refractivity contribution in [3.63, 3.8) is 0 Å². The molecule has 3 aliphatic rings. The van der Waals surface area contributed by atoms with Gasteiger partial charge in [0.15, 0.2) is 0 Å². The van der Waals surface area contributed by atoms with Gasteiger partial charge in [0.1, 0.15) is 0 Å². The molecule has 0 radical (unpaired) electrons. The summed E-state index contributed by atoms with van der Waals surface area (Å²) in [6, 6.07) is 5.71. The van der Waals surface area contributed by atoms with Gasteiger partial charge in [-0.15, -0.1) is 0 Å². The van der Waals surface area contributed by atoms with Crippen molar-refractivity contribution in [2.24, 2.45) is 5.92 Å². The zero-order chi connectivity index (χ0) is 18.9. The first kappa shape index (κ1) is 18.9. The molecule has 0 bridgehead atoms. The number of amides is 1. The largest absolute Gasteiger partial charge is 0.338 e. The number of nitrogens with zero attached hydrogens (tertiary/aromatic N) is 1. The van der Waals surface area contributed by atoms with E-state index >= 15 is 0 Å². The Morgan fingerprint density at radius 3 is 2.59 bits per heavy atom. The smallest absolute Gasteiger partial charge is 0.241 e. The number of hydrogen-bond acceptors (Lipinski definition) is 3. The highest BCUT2D eigenvalue weighted by Crippen LogP contribution is 2.35. The Labute approximate surface area is 162 Å². The molecule has 1 N–H and O–H groups in total. The topological polar surface area (TPSA) is 66.5 Å². The van der Waals surface area contributed by atoms with Crippen LogP contribution in [0.4, 0.5) is 0 Å². The highest BCUT2D eigenvalue weighted by atomic mass is 32.2. The summed E-state index contributed by atoms with van der Waals surface area (Å²) in [4.78, 5) is 15.0. The van der Waals surface area contributed by atoms with Crippen LogP contribution in [0.1, 0.15) is 62.5 Å². The fourth-order valence-corrected chi connectivity index (χ4v) is 6.18. The van der Waals surface area contributed by atoms with Gasteiger partial charge in [0.05, 0.1) is 11.4 Å². The van der Waals surface area contributed by atoms with Gasteiger partial charge in [-0.1, -0.05) is 18.9 Å². The number of hydrogen-bond donors (Lipinski definition) is 1. The van der Waals surface area contributed by atoms with E-state index in [1.54, 1.807) is 12.1 Å². The average molecular weight is 391 g/mol.